The Morgan fingerprint density at radius 2 is 2.07 bits per heavy atom. The van der Waals surface area contributed by atoms with Crippen molar-refractivity contribution < 1.29 is 19.4 Å². The van der Waals surface area contributed by atoms with E-state index in [1.54, 1.807) is 4.40 Å². The minimum atomic E-state index is -0.493. The van der Waals surface area contributed by atoms with E-state index in [1.807, 2.05) is 46.0 Å². The van der Waals surface area contributed by atoms with Gasteiger partial charge in [0.2, 0.25) is 0 Å². The van der Waals surface area contributed by atoms with Gasteiger partial charge >= 0.3 is 0 Å². The number of nitrogens with zero attached hydrogens (tertiary/aromatic N) is 2. The molecule has 2 aromatic rings. The molecule has 0 aromatic carbocycles. The Labute approximate surface area is 178 Å². The molecular weight excluding hydrogens is 382 g/mol. The maximum atomic E-state index is 13.0. The zero-order chi connectivity index (χ0) is 21.7. The highest BCUT2D eigenvalue weighted by molar-refractivity contribution is 5.95. The first kappa shape index (κ1) is 22.6. The van der Waals surface area contributed by atoms with Crippen LogP contribution in [0, 0.1) is 12.8 Å². The third kappa shape index (κ3) is 5.73. The standard InChI is InChI=1S/C23H35N3O4/c1-16-20(22(28)25-18(13-27)15-30-23(2,3)4)26-12-8-11-19(21(26)24-16)29-14-17-9-6-5-7-10-17/h8,11-12,17-18,27H,5-7,9-10,13-15H2,1-4H3,(H,25,28). The average Bonchev–Trinajstić information content (AvgIpc) is 3.06. The van der Waals surface area contributed by atoms with Crippen molar-refractivity contribution in [2.24, 2.45) is 5.92 Å². The van der Waals surface area contributed by atoms with E-state index in [2.05, 4.69) is 10.3 Å². The second kappa shape index (κ2) is 9.79. The fourth-order valence-electron chi connectivity index (χ4n) is 3.85. The van der Waals surface area contributed by atoms with Crippen LogP contribution in [0.3, 0.4) is 0 Å². The van der Waals surface area contributed by atoms with Gasteiger partial charge in [-0.3, -0.25) is 9.20 Å². The van der Waals surface area contributed by atoms with Gasteiger partial charge in [-0.05, 0) is 58.6 Å². The molecule has 3 rings (SSSR count). The summed E-state index contributed by atoms with van der Waals surface area (Å²) in [5, 5.41) is 12.5. The molecule has 1 fully saturated rings. The van der Waals surface area contributed by atoms with E-state index < -0.39 is 6.04 Å². The zero-order valence-electron chi connectivity index (χ0n) is 18.6. The number of aromatic nitrogens is 2. The molecular formula is C23H35N3O4. The predicted octanol–water partition coefficient (Wildman–Crippen LogP) is 3.51. The van der Waals surface area contributed by atoms with Crippen LogP contribution in [0.2, 0.25) is 0 Å². The van der Waals surface area contributed by atoms with Gasteiger partial charge < -0.3 is 19.9 Å². The number of aliphatic hydroxyl groups excluding tert-OH is 1. The Bertz CT molecular complexity index is 850. The topological polar surface area (TPSA) is 85.1 Å². The number of hydrogen-bond donors (Lipinski definition) is 2. The van der Waals surface area contributed by atoms with Crippen molar-refractivity contribution in [1.82, 2.24) is 14.7 Å². The van der Waals surface area contributed by atoms with Crippen LogP contribution >= 0.6 is 0 Å². The number of carbonyl (C=O) groups excluding carboxylic acids is 1. The van der Waals surface area contributed by atoms with Gasteiger partial charge in [-0.25, -0.2) is 4.98 Å². The first-order valence-electron chi connectivity index (χ1n) is 10.9. The largest absolute Gasteiger partial charge is 0.489 e. The molecule has 0 radical (unpaired) electrons. The molecule has 7 heteroatoms. The van der Waals surface area contributed by atoms with Crippen molar-refractivity contribution in [2.45, 2.75) is 71.4 Å². The fourth-order valence-corrected chi connectivity index (χ4v) is 3.85. The number of imidazole rings is 1. The Hall–Kier alpha value is -2.12. The number of amides is 1. The van der Waals surface area contributed by atoms with E-state index in [9.17, 15) is 9.90 Å². The van der Waals surface area contributed by atoms with Gasteiger partial charge in [0.15, 0.2) is 11.4 Å². The first-order valence-corrected chi connectivity index (χ1v) is 10.9. The predicted molar refractivity (Wildman–Crippen MR) is 116 cm³/mol. The summed E-state index contributed by atoms with van der Waals surface area (Å²) < 4.78 is 13.6. The lowest BCUT2D eigenvalue weighted by Crippen LogP contribution is -2.43. The molecule has 0 spiro atoms. The van der Waals surface area contributed by atoms with Crippen LogP contribution in [0.25, 0.3) is 5.65 Å². The second-order valence-corrected chi connectivity index (χ2v) is 9.20. The lowest BCUT2D eigenvalue weighted by Gasteiger charge is -2.24. The maximum Gasteiger partial charge on any atom is 0.270 e. The number of fused-ring (bicyclic) bond motifs is 1. The zero-order valence-corrected chi connectivity index (χ0v) is 18.6. The molecule has 1 amide bonds. The summed E-state index contributed by atoms with van der Waals surface area (Å²) in [6, 6.07) is 3.28. The third-order valence-corrected chi connectivity index (χ3v) is 5.48. The minimum Gasteiger partial charge on any atom is -0.489 e. The third-order valence-electron chi connectivity index (χ3n) is 5.48. The van der Waals surface area contributed by atoms with Gasteiger partial charge in [-0.15, -0.1) is 0 Å². The molecule has 1 aliphatic rings. The highest BCUT2D eigenvalue weighted by atomic mass is 16.5. The molecule has 1 atom stereocenters. The van der Waals surface area contributed by atoms with Gasteiger partial charge in [0, 0.05) is 6.20 Å². The van der Waals surface area contributed by atoms with E-state index in [0.717, 1.165) is 0 Å². The van der Waals surface area contributed by atoms with Gasteiger partial charge in [0.25, 0.3) is 5.91 Å². The molecule has 1 aliphatic carbocycles. The van der Waals surface area contributed by atoms with Crippen molar-refractivity contribution in [3.8, 4) is 5.75 Å². The van der Waals surface area contributed by atoms with Crippen molar-refractivity contribution in [2.75, 3.05) is 19.8 Å². The molecule has 1 unspecified atom stereocenters. The smallest absolute Gasteiger partial charge is 0.270 e. The molecule has 2 aromatic heterocycles. The lowest BCUT2D eigenvalue weighted by atomic mass is 9.90. The van der Waals surface area contributed by atoms with Gasteiger partial charge in [-0.2, -0.15) is 0 Å². The molecule has 166 valence electrons. The SMILES string of the molecule is Cc1nc2c(OCC3CCCCC3)cccn2c1C(=O)NC(CO)COC(C)(C)C. The van der Waals surface area contributed by atoms with E-state index >= 15 is 0 Å². The van der Waals surface area contributed by atoms with E-state index in [1.165, 1.54) is 32.1 Å². The Morgan fingerprint density at radius 3 is 2.73 bits per heavy atom. The van der Waals surface area contributed by atoms with E-state index in [4.69, 9.17) is 9.47 Å². The van der Waals surface area contributed by atoms with Crippen LogP contribution in [-0.4, -0.2) is 51.9 Å². The summed E-state index contributed by atoms with van der Waals surface area (Å²) in [6.07, 6.45) is 8.11. The normalized spacial score (nSPS) is 16.6. The average molecular weight is 418 g/mol. The number of pyridine rings is 1. The fraction of sp³-hybridized carbons (Fsp3) is 0.652. The summed E-state index contributed by atoms with van der Waals surface area (Å²) in [5.74, 6) is 0.993. The van der Waals surface area contributed by atoms with Crippen LogP contribution in [0.1, 0.15) is 69.1 Å². The van der Waals surface area contributed by atoms with Crippen molar-refractivity contribution >= 4 is 11.6 Å². The lowest BCUT2D eigenvalue weighted by molar-refractivity contribution is -0.0206. The first-order chi connectivity index (χ1) is 14.3. The number of hydrogen-bond acceptors (Lipinski definition) is 5. The van der Waals surface area contributed by atoms with Gasteiger partial charge in [0.05, 0.1) is 37.2 Å². The molecule has 2 heterocycles. The van der Waals surface area contributed by atoms with Crippen LogP contribution in [0.15, 0.2) is 18.3 Å². The summed E-state index contributed by atoms with van der Waals surface area (Å²) in [4.78, 5) is 17.6. The quantitative estimate of drug-likeness (QED) is 0.687. The summed E-state index contributed by atoms with van der Waals surface area (Å²) in [7, 11) is 0. The molecule has 0 saturated heterocycles. The van der Waals surface area contributed by atoms with E-state index in [-0.39, 0.29) is 24.7 Å². The Kier molecular flexibility index (Phi) is 7.36. The monoisotopic (exact) mass is 417 g/mol. The number of carbonyl (C=O) groups is 1. The molecule has 2 N–H and O–H groups in total. The van der Waals surface area contributed by atoms with Crippen LogP contribution < -0.4 is 10.1 Å². The number of nitrogens with one attached hydrogen (secondary N) is 1. The van der Waals surface area contributed by atoms with Crippen LogP contribution in [-0.2, 0) is 4.74 Å². The maximum absolute atomic E-state index is 13.0. The van der Waals surface area contributed by atoms with Crippen molar-refractivity contribution in [3.63, 3.8) is 0 Å². The summed E-state index contributed by atoms with van der Waals surface area (Å²) in [6.45, 7) is 8.34. The number of rotatable bonds is 8. The summed E-state index contributed by atoms with van der Waals surface area (Å²) in [5.41, 5.74) is 1.36. The Morgan fingerprint density at radius 1 is 1.33 bits per heavy atom. The number of aryl methyl sites for hydroxylation is 1. The summed E-state index contributed by atoms with van der Waals surface area (Å²) >= 11 is 0. The van der Waals surface area contributed by atoms with Crippen LogP contribution in [0.4, 0.5) is 0 Å². The molecule has 0 aliphatic heterocycles. The Balaban J connectivity index is 1.74. The molecule has 0 bridgehead atoms. The number of ether oxygens (including phenoxy) is 2. The van der Waals surface area contributed by atoms with Crippen molar-refractivity contribution in [3.05, 3.63) is 29.7 Å². The molecule has 7 nitrogen and oxygen atoms in total. The number of aliphatic hydroxyl groups is 1. The molecule has 30 heavy (non-hydrogen) atoms. The van der Waals surface area contributed by atoms with E-state index in [0.29, 0.717) is 35.3 Å². The minimum absolute atomic E-state index is 0.201. The highest BCUT2D eigenvalue weighted by Crippen LogP contribution is 2.27. The van der Waals surface area contributed by atoms with Gasteiger partial charge in [-0.1, -0.05) is 19.3 Å². The van der Waals surface area contributed by atoms with Crippen molar-refractivity contribution in [1.29, 1.82) is 0 Å². The highest BCUT2D eigenvalue weighted by Gasteiger charge is 2.23. The second-order valence-electron chi connectivity index (χ2n) is 9.20. The molecule has 1 saturated carbocycles. The van der Waals surface area contributed by atoms with Gasteiger partial charge in [0.1, 0.15) is 5.69 Å². The van der Waals surface area contributed by atoms with Crippen LogP contribution in [0.5, 0.6) is 5.75 Å².